The molecule has 6 heteroatoms. The van der Waals surface area contributed by atoms with E-state index in [-0.39, 0.29) is 18.7 Å². The van der Waals surface area contributed by atoms with Gasteiger partial charge in [-0.3, -0.25) is 0 Å². The second-order valence-electron chi connectivity index (χ2n) is 6.32. The molecule has 1 aliphatic carbocycles. The predicted molar refractivity (Wildman–Crippen MR) is 94.0 cm³/mol. The molecule has 25 heavy (non-hydrogen) atoms. The number of benzene rings is 1. The largest absolute Gasteiger partial charge is 0.395 e. The number of nitrogens with one attached hydrogen (secondary N) is 1. The van der Waals surface area contributed by atoms with E-state index in [0.29, 0.717) is 18.8 Å². The summed E-state index contributed by atoms with van der Waals surface area (Å²) in [4.78, 5) is 14.5. The van der Waals surface area contributed by atoms with E-state index in [0.717, 1.165) is 31.4 Å². The number of hydrogen-bond donors (Lipinski definition) is 2. The molecule has 0 saturated heterocycles. The second-order valence-corrected chi connectivity index (χ2v) is 6.32. The van der Waals surface area contributed by atoms with Crippen LogP contribution in [0.5, 0.6) is 0 Å². The zero-order chi connectivity index (χ0) is 17.6. The number of nitrogens with zero attached hydrogens (tertiary/aromatic N) is 2. The monoisotopic (exact) mass is 343 g/mol. The van der Waals surface area contributed by atoms with Crippen LogP contribution in [0.4, 0.5) is 4.79 Å². The van der Waals surface area contributed by atoms with E-state index >= 15 is 0 Å². The fraction of sp³-hybridized carbons (Fsp3) is 0.474. The molecule has 0 saturated carbocycles. The second kappa shape index (κ2) is 8.16. The van der Waals surface area contributed by atoms with Crippen LogP contribution in [0.1, 0.15) is 48.4 Å². The molecule has 0 fully saturated rings. The molecule has 2 amide bonds. The number of rotatable bonds is 6. The van der Waals surface area contributed by atoms with Crippen LogP contribution >= 0.6 is 0 Å². The molecule has 1 aliphatic rings. The lowest BCUT2D eigenvalue weighted by molar-refractivity contribution is 0.143. The lowest BCUT2D eigenvalue weighted by atomic mass is 9.87. The normalized spacial score (nSPS) is 16.3. The molecule has 6 nitrogen and oxygen atoms in total. The number of fused-ring (bicyclic) bond motifs is 1. The maximum atomic E-state index is 12.7. The van der Waals surface area contributed by atoms with Gasteiger partial charge in [-0.2, -0.15) is 0 Å². The van der Waals surface area contributed by atoms with Crippen LogP contribution in [0.25, 0.3) is 0 Å². The van der Waals surface area contributed by atoms with E-state index in [4.69, 9.17) is 4.52 Å². The summed E-state index contributed by atoms with van der Waals surface area (Å²) in [5, 5.41) is 16.3. The summed E-state index contributed by atoms with van der Waals surface area (Å²) in [6, 6.07) is 9.91. The van der Waals surface area contributed by atoms with Gasteiger partial charge in [0, 0.05) is 12.6 Å². The SMILES string of the molecule is CCc1cc(CNC(=O)N(CCO)[C@H]2CCCc3ccccc32)on1. The minimum atomic E-state index is -0.190. The number of aliphatic hydroxyl groups is 1. The molecule has 2 aromatic rings. The number of aromatic nitrogens is 1. The molecule has 1 aromatic heterocycles. The number of carbonyl (C=O) groups is 1. The van der Waals surface area contributed by atoms with Crippen molar-refractivity contribution in [3.8, 4) is 0 Å². The summed E-state index contributed by atoms with van der Waals surface area (Å²) in [6.45, 7) is 2.54. The zero-order valence-electron chi connectivity index (χ0n) is 14.6. The summed E-state index contributed by atoms with van der Waals surface area (Å²) in [6.07, 6.45) is 3.79. The summed E-state index contributed by atoms with van der Waals surface area (Å²) >= 11 is 0. The third-order valence-corrected chi connectivity index (χ3v) is 4.70. The Bertz CT molecular complexity index is 713. The standard InChI is InChI=1S/C19H25N3O3/c1-2-15-12-16(25-21-15)13-20-19(24)22(10-11-23)18-9-5-7-14-6-3-4-8-17(14)18/h3-4,6,8,12,18,23H,2,5,7,9-11,13H2,1H3,(H,20,24)/t18-/m0/s1. The first-order chi connectivity index (χ1) is 12.2. The predicted octanol–water partition coefficient (Wildman–Crippen LogP) is 2.82. The Kier molecular flexibility index (Phi) is 5.71. The molecule has 134 valence electrons. The smallest absolute Gasteiger partial charge is 0.318 e. The Balaban J connectivity index is 1.71. The Morgan fingerprint density at radius 2 is 2.28 bits per heavy atom. The van der Waals surface area contributed by atoms with Crippen LogP contribution in [0.2, 0.25) is 0 Å². The van der Waals surface area contributed by atoms with Gasteiger partial charge in [-0.15, -0.1) is 0 Å². The van der Waals surface area contributed by atoms with Crippen molar-refractivity contribution in [1.82, 2.24) is 15.4 Å². The van der Waals surface area contributed by atoms with Gasteiger partial charge in [-0.25, -0.2) is 4.79 Å². The van der Waals surface area contributed by atoms with Crippen molar-refractivity contribution >= 4 is 6.03 Å². The maximum absolute atomic E-state index is 12.7. The summed E-state index contributed by atoms with van der Waals surface area (Å²) in [5.74, 6) is 0.637. The van der Waals surface area contributed by atoms with E-state index in [9.17, 15) is 9.90 Å². The molecule has 0 spiro atoms. The maximum Gasteiger partial charge on any atom is 0.318 e. The number of aliphatic hydroxyl groups excluding tert-OH is 1. The number of carbonyl (C=O) groups excluding carboxylic acids is 1. The van der Waals surface area contributed by atoms with Crippen molar-refractivity contribution in [2.75, 3.05) is 13.2 Å². The van der Waals surface area contributed by atoms with E-state index in [2.05, 4.69) is 22.6 Å². The summed E-state index contributed by atoms with van der Waals surface area (Å²) in [5.41, 5.74) is 3.35. The molecular formula is C19H25N3O3. The summed E-state index contributed by atoms with van der Waals surface area (Å²) < 4.78 is 5.21. The van der Waals surface area contributed by atoms with Crippen molar-refractivity contribution in [3.05, 3.63) is 52.9 Å². The van der Waals surface area contributed by atoms with Crippen LogP contribution in [0, 0.1) is 0 Å². The number of amides is 2. The van der Waals surface area contributed by atoms with Crippen LogP contribution in [-0.2, 0) is 19.4 Å². The average molecular weight is 343 g/mol. The number of hydrogen-bond acceptors (Lipinski definition) is 4. The van der Waals surface area contributed by atoms with E-state index < -0.39 is 0 Å². The topological polar surface area (TPSA) is 78.6 Å². The zero-order valence-corrected chi connectivity index (χ0v) is 14.6. The van der Waals surface area contributed by atoms with Crippen molar-refractivity contribution < 1.29 is 14.4 Å². The summed E-state index contributed by atoms with van der Waals surface area (Å²) in [7, 11) is 0. The molecule has 0 aliphatic heterocycles. The minimum absolute atomic E-state index is 0.00183. The van der Waals surface area contributed by atoms with Crippen molar-refractivity contribution in [2.24, 2.45) is 0 Å². The van der Waals surface area contributed by atoms with Gasteiger partial charge < -0.3 is 19.8 Å². The number of urea groups is 1. The van der Waals surface area contributed by atoms with Gasteiger partial charge in [0.2, 0.25) is 0 Å². The van der Waals surface area contributed by atoms with Crippen LogP contribution < -0.4 is 5.32 Å². The fourth-order valence-electron chi connectivity index (χ4n) is 3.43. The average Bonchev–Trinajstić information content (AvgIpc) is 3.12. The number of aryl methyl sites for hydroxylation is 2. The molecule has 1 heterocycles. The first-order valence-corrected chi connectivity index (χ1v) is 8.90. The third-order valence-electron chi connectivity index (χ3n) is 4.70. The third kappa shape index (κ3) is 4.02. The highest BCUT2D eigenvalue weighted by Crippen LogP contribution is 2.34. The quantitative estimate of drug-likeness (QED) is 0.845. The van der Waals surface area contributed by atoms with Crippen LogP contribution in [0.15, 0.2) is 34.9 Å². The molecule has 0 radical (unpaired) electrons. The van der Waals surface area contributed by atoms with Crippen LogP contribution in [0.3, 0.4) is 0 Å². The van der Waals surface area contributed by atoms with Crippen molar-refractivity contribution in [3.63, 3.8) is 0 Å². The highest BCUT2D eigenvalue weighted by Gasteiger charge is 2.28. The Morgan fingerprint density at radius 3 is 3.04 bits per heavy atom. The van der Waals surface area contributed by atoms with Crippen molar-refractivity contribution in [1.29, 1.82) is 0 Å². The molecule has 0 bridgehead atoms. The van der Waals surface area contributed by atoms with Gasteiger partial charge in [0.15, 0.2) is 5.76 Å². The molecule has 0 unspecified atom stereocenters. The van der Waals surface area contributed by atoms with Gasteiger partial charge in [0.1, 0.15) is 0 Å². The van der Waals surface area contributed by atoms with Crippen molar-refractivity contribution in [2.45, 2.75) is 45.2 Å². The van der Waals surface area contributed by atoms with E-state index in [1.807, 2.05) is 25.1 Å². The van der Waals surface area contributed by atoms with E-state index in [1.165, 1.54) is 11.1 Å². The van der Waals surface area contributed by atoms with Gasteiger partial charge in [-0.05, 0) is 36.8 Å². The first kappa shape index (κ1) is 17.5. The van der Waals surface area contributed by atoms with Gasteiger partial charge in [0.05, 0.1) is 24.9 Å². The first-order valence-electron chi connectivity index (χ1n) is 8.90. The molecule has 1 atom stereocenters. The highest BCUT2D eigenvalue weighted by atomic mass is 16.5. The molecule has 2 N–H and O–H groups in total. The van der Waals surface area contributed by atoms with Gasteiger partial charge in [0.25, 0.3) is 0 Å². The lowest BCUT2D eigenvalue weighted by Gasteiger charge is -2.35. The highest BCUT2D eigenvalue weighted by molar-refractivity contribution is 5.74. The van der Waals surface area contributed by atoms with E-state index in [1.54, 1.807) is 4.90 Å². The fourth-order valence-corrected chi connectivity index (χ4v) is 3.43. The molecular weight excluding hydrogens is 318 g/mol. The van der Waals surface area contributed by atoms with Gasteiger partial charge in [-0.1, -0.05) is 36.3 Å². The minimum Gasteiger partial charge on any atom is -0.395 e. The van der Waals surface area contributed by atoms with Crippen LogP contribution in [-0.4, -0.2) is 34.3 Å². The molecule has 3 rings (SSSR count). The Labute approximate surface area is 147 Å². The lowest BCUT2D eigenvalue weighted by Crippen LogP contribution is -2.44. The molecule has 1 aromatic carbocycles. The Hall–Kier alpha value is -2.34. The van der Waals surface area contributed by atoms with Gasteiger partial charge >= 0.3 is 6.03 Å². The Morgan fingerprint density at radius 1 is 1.44 bits per heavy atom.